The van der Waals surface area contributed by atoms with Gasteiger partial charge in [-0.1, -0.05) is 11.6 Å². The van der Waals surface area contributed by atoms with Crippen molar-refractivity contribution >= 4 is 40.8 Å². The van der Waals surface area contributed by atoms with Crippen molar-refractivity contribution < 1.29 is 23.5 Å². The Labute approximate surface area is 157 Å². The number of rotatable bonds is 3. The number of benzene rings is 2. The highest BCUT2D eigenvalue weighted by Crippen LogP contribution is 2.35. The quantitative estimate of drug-likeness (QED) is 0.628. The van der Waals surface area contributed by atoms with E-state index >= 15 is 0 Å². The van der Waals surface area contributed by atoms with Crippen molar-refractivity contribution in [2.45, 2.75) is 0 Å². The van der Waals surface area contributed by atoms with E-state index in [2.05, 4.69) is 5.32 Å². The van der Waals surface area contributed by atoms with Gasteiger partial charge in [0.1, 0.15) is 17.3 Å². The summed E-state index contributed by atoms with van der Waals surface area (Å²) in [6.45, 7) is 0. The fraction of sp³-hybridized carbons (Fsp3) is 0. The molecule has 0 fully saturated rings. The molecule has 0 unspecified atom stereocenters. The van der Waals surface area contributed by atoms with Gasteiger partial charge in [-0.05, 0) is 54.6 Å². The van der Waals surface area contributed by atoms with Crippen LogP contribution in [0.15, 0.2) is 52.9 Å². The van der Waals surface area contributed by atoms with Crippen molar-refractivity contribution in [3.05, 3.63) is 76.3 Å². The molecular weight excluding hydrogens is 373 g/mol. The van der Waals surface area contributed by atoms with Gasteiger partial charge in [-0.2, -0.15) is 0 Å². The van der Waals surface area contributed by atoms with Crippen molar-refractivity contribution in [2.75, 3.05) is 5.32 Å². The van der Waals surface area contributed by atoms with Crippen molar-refractivity contribution in [3.8, 4) is 11.3 Å². The molecule has 2 aromatic carbocycles. The molecule has 0 spiro atoms. The van der Waals surface area contributed by atoms with E-state index in [9.17, 15) is 14.0 Å². The molecule has 1 aliphatic rings. The molecule has 7 heteroatoms. The van der Waals surface area contributed by atoms with E-state index in [-0.39, 0.29) is 22.8 Å². The van der Waals surface area contributed by atoms with Gasteiger partial charge in [0.2, 0.25) is 0 Å². The fourth-order valence-corrected chi connectivity index (χ4v) is 3.04. The molecule has 0 saturated heterocycles. The van der Waals surface area contributed by atoms with Crippen LogP contribution in [0.2, 0.25) is 5.02 Å². The fourth-order valence-electron chi connectivity index (χ4n) is 2.87. The highest BCUT2D eigenvalue weighted by molar-refractivity contribution is 6.36. The Hall–Kier alpha value is -3.38. The Bertz CT molecular complexity index is 1130. The Morgan fingerprint density at radius 1 is 1.11 bits per heavy atom. The molecule has 134 valence electrons. The lowest BCUT2D eigenvalue weighted by Crippen LogP contribution is -2.03. The van der Waals surface area contributed by atoms with Gasteiger partial charge in [0.15, 0.2) is 0 Å². The summed E-state index contributed by atoms with van der Waals surface area (Å²) in [5.41, 5.74) is 1.67. The van der Waals surface area contributed by atoms with Gasteiger partial charge in [-0.3, -0.25) is 4.79 Å². The topological polar surface area (TPSA) is 79.5 Å². The molecule has 0 bridgehead atoms. The first-order valence-corrected chi connectivity index (χ1v) is 8.26. The predicted octanol–water partition coefficient (Wildman–Crippen LogP) is 4.93. The molecule has 1 amide bonds. The molecule has 0 saturated carbocycles. The second-order valence-corrected chi connectivity index (χ2v) is 6.34. The smallest absolute Gasteiger partial charge is 0.335 e. The largest absolute Gasteiger partial charge is 0.478 e. The average molecular weight is 384 g/mol. The third-order valence-corrected chi connectivity index (χ3v) is 4.39. The van der Waals surface area contributed by atoms with E-state index in [1.54, 1.807) is 36.4 Å². The first-order chi connectivity index (χ1) is 12.9. The number of fused-ring (bicyclic) bond motifs is 1. The molecule has 27 heavy (non-hydrogen) atoms. The second-order valence-electron chi connectivity index (χ2n) is 5.90. The summed E-state index contributed by atoms with van der Waals surface area (Å²) < 4.78 is 19.8. The standard InChI is InChI=1S/C20H11ClFNO4/c21-11-2-5-17-14(8-11)15(19(24)23-17)9-12-3-6-18(27-12)13-4-1-10(20(25)26)7-16(13)22/h1-9H,(H,23,24)(H,25,26)/b15-9-. The molecule has 4 rings (SSSR count). The van der Waals surface area contributed by atoms with Gasteiger partial charge in [0.25, 0.3) is 5.91 Å². The van der Waals surface area contributed by atoms with Crippen LogP contribution >= 0.6 is 11.6 Å². The minimum absolute atomic E-state index is 0.129. The van der Waals surface area contributed by atoms with Crippen LogP contribution in [0, 0.1) is 5.82 Å². The molecule has 5 nitrogen and oxygen atoms in total. The summed E-state index contributed by atoms with van der Waals surface area (Å²) in [7, 11) is 0. The van der Waals surface area contributed by atoms with Crippen molar-refractivity contribution in [1.29, 1.82) is 0 Å². The van der Waals surface area contributed by atoms with Crippen molar-refractivity contribution in [3.63, 3.8) is 0 Å². The first kappa shape index (κ1) is 17.1. The van der Waals surface area contributed by atoms with Crippen molar-refractivity contribution in [2.24, 2.45) is 0 Å². The molecule has 2 N–H and O–H groups in total. The van der Waals surface area contributed by atoms with E-state index in [1.165, 1.54) is 12.1 Å². The lowest BCUT2D eigenvalue weighted by Gasteiger charge is -2.01. The number of hydrogen-bond acceptors (Lipinski definition) is 3. The molecular formula is C20H11ClFNO4. The number of furan rings is 1. The molecule has 2 heterocycles. The van der Waals surface area contributed by atoms with Gasteiger partial charge in [-0.25, -0.2) is 9.18 Å². The van der Waals surface area contributed by atoms with Crippen LogP contribution in [0.3, 0.4) is 0 Å². The summed E-state index contributed by atoms with van der Waals surface area (Å²) in [6, 6.07) is 11.8. The Balaban J connectivity index is 1.70. The van der Waals surface area contributed by atoms with Crippen molar-refractivity contribution in [1.82, 2.24) is 0 Å². The molecule has 0 aliphatic carbocycles. The van der Waals surface area contributed by atoms with Crippen LogP contribution in [0.4, 0.5) is 10.1 Å². The van der Waals surface area contributed by atoms with E-state index in [1.807, 2.05) is 0 Å². The predicted molar refractivity (Wildman–Crippen MR) is 99.0 cm³/mol. The molecule has 0 atom stereocenters. The normalized spacial score (nSPS) is 14.3. The second kappa shape index (κ2) is 6.41. The molecule has 1 aromatic heterocycles. The number of carboxylic acid groups (broad SMARTS) is 1. The lowest BCUT2D eigenvalue weighted by atomic mass is 10.1. The van der Waals surface area contributed by atoms with E-state index in [0.717, 1.165) is 6.07 Å². The SMILES string of the molecule is O=C1Nc2ccc(Cl)cc2/C1=C/c1ccc(-c2ccc(C(=O)O)cc2F)o1. The third-order valence-electron chi connectivity index (χ3n) is 4.16. The summed E-state index contributed by atoms with van der Waals surface area (Å²) in [5, 5.41) is 12.1. The minimum atomic E-state index is -1.21. The number of aromatic carboxylic acids is 1. The summed E-state index contributed by atoms with van der Waals surface area (Å²) in [5.74, 6) is -1.64. The third kappa shape index (κ3) is 3.11. The van der Waals surface area contributed by atoms with E-state index in [4.69, 9.17) is 21.1 Å². The number of amides is 1. The van der Waals surface area contributed by atoms with Crippen LogP contribution < -0.4 is 5.32 Å². The van der Waals surface area contributed by atoms with Gasteiger partial charge >= 0.3 is 5.97 Å². The molecule has 3 aromatic rings. The van der Waals surface area contributed by atoms with E-state index < -0.39 is 11.8 Å². The zero-order valence-electron chi connectivity index (χ0n) is 13.6. The monoisotopic (exact) mass is 383 g/mol. The number of nitrogens with one attached hydrogen (secondary N) is 1. The number of carbonyl (C=O) groups is 2. The van der Waals surface area contributed by atoms with Gasteiger partial charge in [-0.15, -0.1) is 0 Å². The lowest BCUT2D eigenvalue weighted by molar-refractivity contribution is -0.110. The maximum Gasteiger partial charge on any atom is 0.335 e. The zero-order chi connectivity index (χ0) is 19.1. The first-order valence-electron chi connectivity index (χ1n) is 7.88. The van der Waals surface area contributed by atoms with Crippen LogP contribution in [-0.2, 0) is 4.79 Å². The zero-order valence-corrected chi connectivity index (χ0v) is 14.4. The summed E-state index contributed by atoms with van der Waals surface area (Å²) in [6.07, 6.45) is 1.55. The highest BCUT2D eigenvalue weighted by Gasteiger charge is 2.24. The Kier molecular flexibility index (Phi) is 4.05. The van der Waals surface area contributed by atoms with Crippen LogP contribution in [-0.4, -0.2) is 17.0 Å². The number of anilines is 1. The molecule has 0 radical (unpaired) electrons. The van der Waals surface area contributed by atoms with Crippen LogP contribution in [0.1, 0.15) is 21.7 Å². The number of carbonyl (C=O) groups excluding carboxylic acids is 1. The number of carboxylic acids is 1. The Morgan fingerprint density at radius 3 is 2.67 bits per heavy atom. The highest BCUT2D eigenvalue weighted by atomic mass is 35.5. The minimum Gasteiger partial charge on any atom is -0.478 e. The summed E-state index contributed by atoms with van der Waals surface area (Å²) >= 11 is 6.00. The Morgan fingerprint density at radius 2 is 1.93 bits per heavy atom. The van der Waals surface area contributed by atoms with E-state index in [0.29, 0.717) is 27.6 Å². The summed E-state index contributed by atoms with van der Waals surface area (Å²) in [4.78, 5) is 23.1. The molecule has 1 aliphatic heterocycles. The maximum atomic E-state index is 14.2. The average Bonchev–Trinajstić information content (AvgIpc) is 3.20. The number of halogens is 2. The number of hydrogen-bond donors (Lipinski definition) is 2. The van der Waals surface area contributed by atoms with Gasteiger partial charge < -0.3 is 14.8 Å². The van der Waals surface area contributed by atoms with Gasteiger partial charge in [0, 0.05) is 16.3 Å². The van der Waals surface area contributed by atoms with Crippen LogP contribution in [0.25, 0.3) is 23.0 Å². The van der Waals surface area contributed by atoms with Crippen LogP contribution in [0.5, 0.6) is 0 Å². The maximum absolute atomic E-state index is 14.2. The van der Waals surface area contributed by atoms with Gasteiger partial charge in [0.05, 0.1) is 16.7 Å².